The van der Waals surface area contributed by atoms with Crippen molar-refractivity contribution < 1.29 is 4.52 Å². The summed E-state index contributed by atoms with van der Waals surface area (Å²) in [5.74, 6) is 1.38. The monoisotopic (exact) mass is 229 g/mol. The molecule has 0 N–H and O–H groups in total. The number of halogens is 1. The van der Waals surface area contributed by atoms with Crippen molar-refractivity contribution in [2.75, 3.05) is 19.6 Å². The van der Waals surface area contributed by atoms with Crippen LogP contribution in [0.2, 0.25) is 0 Å². The molecule has 0 spiro atoms. The number of likely N-dealkylation sites (N-methyl/N-ethyl adjacent to an activating group) is 1. The molecule has 0 aliphatic carbocycles. The summed E-state index contributed by atoms with van der Waals surface area (Å²) in [6.45, 7) is 7.14. The van der Waals surface area contributed by atoms with E-state index in [4.69, 9.17) is 4.52 Å². The van der Waals surface area contributed by atoms with Gasteiger partial charge >= 0.3 is 0 Å². The van der Waals surface area contributed by atoms with Gasteiger partial charge in [0.15, 0.2) is 5.82 Å². The Morgan fingerprint density at radius 2 is 2.33 bits per heavy atom. The summed E-state index contributed by atoms with van der Waals surface area (Å²) >= 11 is 0. The molecule has 0 radical (unpaired) electrons. The first kappa shape index (κ1) is 12.2. The SMILES string of the molecule is CCN1CCC=C(c2nc(C)no2)C1.Cl. The van der Waals surface area contributed by atoms with E-state index in [1.807, 2.05) is 6.92 Å². The van der Waals surface area contributed by atoms with E-state index in [9.17, 15) is 0 Å². The quantitative estimate of drug-likeness (QED) is 0.777. The minimum absolute atomic E-state index is 0. The predicted octanol–water partition coefficient (Wildman–Crippen LogP) is 1.91. The molecule has 0 bridgehead atoms. The van der Waals surface area contributed by atoms with Gasteiger partial charge < -0.3 is 4.52 Å². The molecule has 1 aromatic rings. The van der Waals surface area contributed by atoms with Crippen molar-refractivity contribution in [3.05, 3.63) is 17.8 Å². The van der Waals surface area contributed by atoms with Gasteiger partial charge in [0.05, 0.1) is 0 Å². The van der Waals surface area contributed by atoms with Gasteiger partial charge in [-0.05, 0) is 19.9 Å². The topological polar surface area (TPSA) is 42.2 Å². The van der Waals surface area contributed by atoms with Gasteiger partial charge in [-0.15, -0.1) is 12.4 Å². The van der Waals surface area contributed by atoms with Crippen LogP contribution in [0.1, 0.15) is 25.1 Å². The van der Waals surface area contributed by atoms with Crippen molar-refractivity contribution in [2.45, 2.75) is 20.3 Å². The third-order valence-corrected chi connectivity index (χ3v) is 2.48. The van der Waals surface area contributed by atoms with Gasteiger partial charge in [-0.2, -0.15) is 4.98 Å². The molecule has 84 valence electrons. The number of hydrogen-bond donors (Lipinski definition) is 0. The Labute approximate surface area is 95.8 Å². The van der Waals surface area contributed by atoms with Gasteiger partial charge in [-0.3, -0.25) is 4.90 Å². The van der Waals surface area contributed by atoms with Crippen LogP contribution in [0.4, 0.5) is 0 Å². The molecule has 4 nitrogen and oxygen atoms in total. The molecule has 0 saturated carbocycles. The highest BCUT2D eigenvalue weighted by atomic mass is 35.5. The smallest absolute Gasteiger partial charge is 0.254 e. The highest BCUT2D eigenvalue weighted by Gasteiger charge is 2.16. The van der Waals surface area contributed by atoms with Crippen LogP contribution in [0.3, 0.4) is 0 Å². The first-order chi connectivity index (χ1) is 6.79. The van der Waals surface area contributed by atoms with E-state index in [0.29, 0.717) is 11.7 Å². The molecule has 0 saturated heterocycles. The van der Waals surface area contributed by atoms with Crippen molar-refractivity contribution >= 4 is 18.0 Å². The largest absolute Gasteiger partial charge is 0.334 e. The van der Waals surface area contributed by atoms with Crippen LogP contribution in [0.5, 0.6) is 0 Å². The summed E-state index contributed by atoms with van der Waals surface area (Å²) in [5, 5.41) is 3.80. The summed E-state index contributed by atoms with van der Waals surface area (Å²) in [5.41, 5.74) is 1.17. The number of aromatic nitrogens is 2. The summed E-state index contributed by atoms with van der Waals surface area (Å²) < 4.78 is 5.14. The number of nitrogens with zero attached hydrogens (tertiary/aromatic N) is 3. The van der Waals surface area contributed by atoms with Crippen molar-refractivity contribution in [3.63, 3.8) is 0 Å². The predicted molar refractivity (Wildman–Crippen MR) is 61.0 cm³/mol. The first-order valence-corrected chi connectivity index (χ1v) is 5.01. The lowest BCUT2D eigenvalue weighted by molar-refractivity contribution is 0.314. The highest BCUT2D eigenvalue weighted by molar-refractivity contribution is 5.85. The van der Waals surface area contributed by atoms with Gasteiger partial charge in [0, 0.05) is 18.7 Å². The zero-order valence-corrected chi connectivity index (χ0v) is 9.88. The van der Waals surface area contributed by atoms with Crippen LogP contribution in [0, 0.1) is 6.92 Å². The molecule has 0 atom stereocenters. The lowest BCUT2D eigenvalue weighted by atomic mass is 10.1. The zero-order valence-electron chi connectivity index (χ0n) is 9.06. The molecule has 1 aliphatic heterocycles. The summed E-state index contributed by atoms with van der Waals surface area (Å²) in [6, 6.07) is 0. The standard InChI is InChI=1S/C10H15N3O.ClH/c1-3-13-6-4-5-9(7-13)10-11-8(2)12-14-10;/h5H,3-4,6-7H2,1-2H3;1H. The van der Waals surface area contributed by atoms with Gasteiger partial charge in [-0.1, -0.05) is 18.2 Å². The van der Waals surface area contributed by atoms with Crippen LogP contribution in [0.25, 0.3) is 5.57 Å². The van der Waals surface area contributed by atoms with Gasteiger partial charge in [0.1, 0.15) is 0 Å². The Kier molecular flexibility index (Phi) is 4.29. The fourth-order valence-electron chi connectivity index (χ4n) is 1.66. The van der Waals surface area contributed by atoms with E-state index < -0.39 is 0 Å². The van der Waals surface area contributed by atoms with Crippen LogP contribution in [-0.4, -0.2) is 34.7 Å². The molecule has 0 unspecified atom stereocenters. The molecule has 15 heavy (non-hydrogen) atoms. The highest BCUT2D eigenvalue weighted by Crippen LogP contribution is 2.18. The van der Waals surface area contributed by atoms with Gasteiger partial charge in [0.2, 0.25) is 0 Å². The molecule has 0 amide bonds. The third-order valence-electron chi connectivity index (χ3n) is 2.48. The lowest BCUT2D eigenvalue weighted by Crippen LogP contribution is -2.29. The summed E-state index contributed by atoms with van der Waals surface area (Å²) in [4.78, 5) is 6.60. The maximum Gasteiger partial charge on any atom is 0.254 e. The Balaban J connectivity index is 0.00000112. The lowest BCUT2D eigenvalue weighted by Gasteiger charge is -2.23. The van der Waals surface area contributed by atoms with Crippen LogP contribution in [-0.2, 0) is 0 Å². The second-order valence-corrected chi connectivity index (χ2v) is 3.53. The second kappa shape index (κ2) is 5.28. The third kappa shape index (κ3) is 2.79. The molecular weight excluding hydrogens is 214 g/mol. The fraction of sp³-hybridized carbons (Fsp3) is 0.600. The zero-order chi connectivity index (χ0) is 9.97. The van der Waals surface area contributed by atoms with Crippen LogP contribution >= 0.6 is 12.4 Å². The molecule has 1 aromatic heterocycles. The van der Waals surface area contributed by atoms with E-state index in [1.54, 1.807) is 0 Å². The normalized spacial score (nSPS) is 17.1. The molecule has 1 aliphatic rings. The molecule has 0 fully saturated rings. The molecule has 2 rings (SSSR count). The molecule has 5 heteroatoms. The van der Waals surface area contributed by atoms with E-state index in [1.165, 1.54) is 5.57 Å². The van der Waals surface area contributed by atoms with Gasteiger partial charge in [0.25, 0.3) is 5.89 Å². The van der Waals surface area contributed by atoms with Crippen molar-refractivity contribution in [1.29, 1.82) is 0 Å². The van der Waals surface area contributed by atoms with Gasteiger partial charge in [-0.25, -0.2) is 0 Å². The Bertz CT molecular complexity index is 348. The number of hydrogen-bond acceptors (Lipinski definition) is 4. The minimum atomic E-state index is 0. The van der Waals surface area contributed by atoms with E-state index in [2.05, 4.69) is 28.0 Å². The second-order valence-electron chi connectivity index (χ2n) is 3.53. The minimum Gasteiger partial charge on any atom is -0.334 e. The number of rotatable bonds is 2. The molecular formula is C10H16ClN3O. The maximum atomic E-state index is 5.14. The average Bonchev–Trinajstić information content (AvgIpc) is 2.65. The Morgan fingerprint density at radius 3 is 2.93 bits per heavy atom. The fourth-order valence-corrected chi connectivity index (χ4v) is 1.66. The van der Waals surface area contributed by atoms with E-state index in [-0.39, 0.29) is 12.4 Å². The van der Waals surface area contributed by atoms with Crippen molar-refractivity contribution in [2.24, 2.45) is 0 Å². The average molecular weight is 230 g/mol. The van der Waals surface area contributed by atoms with E-state index in [0.717, 1.165) is 26.1 Å². The summed E-state index contributed by atoms with van der Waals surface area (Å²) in [6.07, 6.45) is 3.27. The van der Waals surface area contributed by atoms with Crippen LogP contribution in [0.15, 0.2) is 10.6 Å². The Morgan fingerprint density at radius 1 is 1.53 bits per heavy atom. The van der Waals surface area contributed by atoms with Crippen LogP contribution < -0.4 is 0 Å². The Hall–Kier alpha value is -0.870. The maximum absolute atomic E-state index is 5.14. The van der Waals surface area contributed by atoms with Crippen molar-refractivity contribution in [1.82, 2.24) is 15.0 Å². The number of aryl methyl sites for hydroxylation is 1. The summed E-state index contributed by atoms with van der Waals surface area (Å²) in [7, 11) is 0. The van der Waals surface area contributed by atoms with Crippen molar-refractivity contribution in [3.8, 4) is 0 Å². The first-order valence-electron chi connectivity index (χ1n) is 5.01. The molecule has 0 aromatic carbocycles. The van der Waals surface area contributed by atoms with E-state index >= 15 is 0 Å². The molecule has 2 heterocycles.